The van der Waals surface area contributed by atoms with Crippen LogP contribution in [0, 0.1) is 17.2 Å². The highest BCUT2D eigenvalue weighted by Crippen LogP contribution is 2.42. The van der Waals surface area contributed by atoms with E-state index in [1.807, 2.05) is 42.5 Å². The van der Waals surface area contributed by atoms with E-state index in [1.54, 1.807) is 0 Å². The van der Waals surface area contributed by atoms with Crippen molar-refractivity contribution in [2.75, 3.05) is 12.6 Å². The molecule has 1 unspecified atom stereocenters. The molecule has 2 aromatic carbocycles. The van der Waals surface area contributed by atoms with Gasteiger partial charge in [-0.3, -0.25) is 4.79 Å². The molecule has 0 radical (unpaired) electrons. The molecule has 2 atom stereocenters. The van der Waals surface area contributed by atoms with Gasteiger partial charge in [0.15, 0.2) is 0 Å². The molecule has 0 heterocycles. The van der Waals surface area contributed by atoms with Crippen LogP contribution < -0.4 is 5.32 Å². The van der Waals surface area contributed by atoms with Gasteiger partial charge in [-0.15, -0.1) is 0 Å². The molecule has 3 nitrogen and oxygen atoms in total. The van der Waals surface area contributed by atoms with Gasteiger partial charge in [0.2, 0.25) is 5.91 Å². The van der Waals surface area contributed by atoms with Crippen molar-refractivity contribution in [1.29, 1.82) is 5.26 Å². The summed E-state index contributed by atoms with van der Waals surface area (Å²) in [6.45, 7) is 0.0530. The summed E-state index contributed by atoms with van der Waals surface area (Å²) in [5.41, 5.74) is 3.38. The number of rotatable bonds is 6. The maximum atomic E-state index is 12.6. The summed E-state index contributed by atoms with van der Waals surface area (Å²) in [6, 6.07) is 17.7. The number of carbonyl (C=O) groups is 1. The first-order chi connectivity index (χ1) is 13.2. The predicted molar refractivity (Wildman–Crippen MR) is 107 cm³/mol. The lowest BCUT2D eigenvalue weighted by molar-refractivity contribution is -0.126. The van der Waals surface area contributed by atoms with Crippen molar-refractivity contribution in [3.05, 3.63) is 54.1 Å². The van der Waals surface area contributed by atoms with Crippen LogP contribution in [-0.4, -0.2) is 18.5 Å². The third kappa shape index (κ3) is 4.70. The van der Waals surface area contributed by atoms with Gasteiger partial charge in [-0.25, -0.2) is 4.39 Å². The molecule has 0 spiro atoms. The Labute approximate surface area is 164 Å². The summed E-state index contributed by atoms with van der Waals surface area (Å²) >= 11 is 1.18. The van der Waals surface area contributed by atoms with Crippen molar-refractivity contribution in [3.8, 4) is 17.2 Å². The third-order valence-electron chi connectivity index (χ3n) is 5.19. The minimum absolute atomic E-state index is 0.0225. The monoisotopic (exact) mass is 382 g/mol. The van der Waals surface area contributed by atoms with E-state index in [0.717, 1.165) is 41.7 Å². The maximum absolute atomic E-state index is 12.6. The molecule has 27 heavy (non-hydrogen) atoms. The summed E-state index contributed by atoms with van der Waals surface area (Å²) in [7, 11) is 0. The number of halogens is 1. The largest absolute Gasteiger partial charge is 0.343 e. The number of nitrogens with one attached hydrogen (secondary N) is 1. The number of benzene rings is 2. The Hall–Kier alpha value is -2.32. The van der Waals surface area contributed by atoms with Crippen LogP contribution in [0.2, 0.25) is 0 Å². The minimum atomic E-state index is -0.433. The van der Waals surface area contributed by atoms with E-state index in [-0.39, 0.29) is 24.3 Å². The fraction of sp³-hybridized carbons (Fsp3) is 0.364. The van der Waals surface area contributed by atoms with Crippen molar-refractivity contribution < 1.29 is 9.18 Å². The lowest BCUT2D eigenvalue weighted by Gasteiger charge is -2.32. The zero-order valence-electron chi connectivity index (χ0n) is 15.2. The second-order valence-electron chi connectivity index (χ2n) is 6.74. The van der Waals surface area contributed by atoms with Crippen LogP contribution in [0.25, 0.3) is 11.1 Å². The van der Waals surface area contributed by atoms with Gasteiger partial charge in [0.25, 0.3) is 0 Å². The Balaban J connectivity index is 1.91. The highest BCUT2D eigenvalue weighted by Gasteiger charge is 2.33. The topological polar surface area (TPSA) is 52.9 Å². The Kier molecular flexibility index (Phi) is 6.89. The fourth-order valence-corrected chi connectivity index (χ4v) is 4.41. The highest BCUT2D eigenvalue weighted by molar-refractivity contribution is 7.99. The molecule has 1 aliphatic carbocycles. The van der Waals surface area contributed by atoms with E-state index in [2.05, 4.69) is 17.4 Å². The van der Waals surface area contributed by atoms with Gasteiger partial charge in [-0.1, -0.05) is 61.0 Å². The zero-order chi connectivity index (χ0) is 19.1. The van der Waals surface area contributed by atoms with Crippen molar-refractivity contribution >= 4 is 17.7 Å². The Morgan fingerprint density at radius 2 is 1.89 bits per heavy atom. The molecule has 2 aromatic rings. The van der Waals surface area contributed by atoms with Crippen LogP contribution in [0.3, 0.4) is 0 Å². The van der Waals surface area contributed by atoms with E-state index in [4.69, 9.17) is 5.26 Å². The minimum Gasteiger partial charge on any atom is -0.343 e. The van der Waals surface area contributed by atoms with Crippen LogP contribution in [0.4, 0.5) is 4.39 Å². The molecular formula is C22H23FN2OS. The quantitative estimate of drug-likeness (QED) is 0.546. The highest BCUT2D eigenvalue weighted by atomic mass is 32.2. The molecule has 1 amide bonds. The molecule has 5 heteroatoms. The number of nitrogens with zero attached hydrogens (tertiary/aromatic N) is 1. The van der Waals surface area contributed by atoms with E-state index in [0.29, 0.717) is 0 Å². The molecule has 0 bridgehead atoms. The molecule has 1 fully saturated rings. The average molecular weight is 383 g/mol. The standard InChI is InChI=1S/C22H23FN2OS/c23-15-27-17-11-9-16(10-12-17)18-5-1-2-6-19(18)20-7-3-4-8-21(20)22(26)25-14-13-24/h1-2,5-6,9-12,20-21H,3-4,7-8,14-15H2,(H,25,26)/t20?,21-/m1/s1. The summed E-state index contributed by atoms with van der Waals surface area (Å²) in [5, 5.41) is 11.5. The maximum Gasteiger partial charge on any atom is 0.224 e. The first-order valence-electron chi connectivity index (χ1n) is 9.27. The smallest absolute Gasteiger partial charge is 0.224 e. The molecule has 1 saturated carbocycles. The Bertz CT molecular complexity index is 816. The number of alkyl halides is 1. The molecule has 1 N–H and O–H groups in total. The lowest BCUT2D eigenvalue weighted by atomic mass is 9.73. The van der Waals surface area contributed by atoms with Crippen molar-refractivity contribution in [2.24, 2.45) is 5.92 Å². The SMILES string of the molecule is N#CCNC(=O)[C@@H]1CCCCC1c1ccccc1-c1ccc(SCF)cc1. The van der Waals surface area contributed by atoms with Gasteiger partial charge in [0, 0.05) is 10.8 Å². The van der Waals surface area contributed by atoms with E-state index < -0.39 is 6.01 Å². The molecular weight excluding hydrogens is 359 g/mol. The fourth-order valence-electron chi connectivity index (χ4n) is 3.95. The molecule has 1 aliphatic rings. The second kappa shape index (κ2) is 9.57. The van der Waals surface area contributed by atoms with Crippen molar-refractivity contribution in [3.63, 3.8) is 0 Å². The average Bonchev–Trinajstić information content (AvgIpc) is 2.73. The van der Waals surface area contributed by atoms with Gasteiger partial charge < -0.3 is 5.32 Å². The Morgan fingerprint density at radius 3 is 2.63 bits per heavy atom. The molecule has 0 aromatic heterocycles. The van der Waals surface area contributed by atoms with Gasteiger partial charge in [0.1, 0.15) is 12.6 Å². The van der Waals surface area contributed by atoms with Crippen molar-refractivity contribution in [2.45, 2.75) is 36.5 Å². The zero-order valence-corrected chi connectivity index (χ0v) is 16.0. The molecule has 0 saturated heterocycles. The number of thioether (sulfide) groups is 1. The summed E-state index contributed by atoms with van der Waals surface area (Å²) in [4.78, 5) is 13.5. The third-order valence-corrected chi connectivity index (χ3v) is 5.91. The van der Waals surface area contributed by atoms with Gasteiger partial charge in [-0.05, 0) is 47.6 Å². The lowest BCUT2D eigenvalue weighted by Crippen LogP contribution is -2.36. The summed E-state index contributed by atoms with van der Waals surface area (Å²) < 4.78 is 12.5. The van der Waals surface area contributed by atoms with Gasteiger partial charge >= 0.3 is 0 Å². The number of carbonyl (C=O) groups excluding carboxylic acids is 1. The summed E-state index contributed by atoms with van der Waals surface area (Å²) in [6.07, 6.45) is 3.96. The number of amides is 1. The van der Waals surface area contributed by atoms with E-state index >= 15 is 0 Å². The van der Waals surface area contributed by atoms with Crippen LogP contribution in [0.1, 0.15) is 37.2 Å². The van der Waals surface area contributed by atoms with E-state index in [1.165, 1.54) is 17.3 Å². The second-order valence-corrected chi connectivity index (χ2v) is 7.72. The predicted octanol–water partition coefficient (Wildman–Crippen LogP) is 5.29. The van der Waals surface area contributed by atoms with E-state index in [9.17, 15) is 9.18 Å². The van der Waals surface area contributed by atoms with Crippen molar-refractivity contribution in [1.82, 2.24) is 5.32 Å². The number of hydrogen-bond acceptors (Lipinski definition) is 3. The first-order valence-corrected chi connectivity index (χ1v) is 10.3. The Morgan fingerprint density at radius 1 is 1.15 bits per heavy atom. The number of hydrogen-bond donors (Lipinski definition) is 1. The number of nitriles is 1. The molecule has 140 valence electrons. The van der Waals surface area contributed by atoms with Crippen LogP contribution in [0.5, 0.6) is 0 Å². The first kappa shape index (κ1) is 19.4. The van der Waals surface area contributed by atoms with Gasteiger partial charge in [0.05, 0.1) is 6.07 Å². The van der Waals surface area contributed by atoms with Crippen LogP contribution in [0.15, 0.2) is 53.4 Å². The normalized spacial score (nSPS) is 19.3. The summed E-state index contributed by atoms with van der Waals surface area (Å²) in [5.74, 6) is 0.0221. The molecule has 3 rings (SSSR count). The molecule has 0 aliphatic heterocycles. The van der Waals surface area contributed by atoms with Gasteiger partial charge in [-0.2, -0.15) is 5.26 Å². The van der Waals surface area contributed by atoms with Crippen LogP contribution >= 0.6 is 11.8 Å². The van der Waals surface area contributed by atoms with Crippen LogP contribution in [-0.2, 0) is 4.79 Å².